The van der Waals surface area contributed by atoms with Crippen LogP contribution in [0.15, 0.2) is 6.20 Å². The van der Waals surface area contributed by atoms with Gasteiger partial charge in [0.25, 0.3) is 0 Å². The highest BCUT2D eigenvalue weighted by Crippen LogP contribution is 2.24. The van der Waals surface area contributed by atoms with Gasteiger partial charge in [-0.05, 0) is 12.8 Å². The highest BCUT2D eigenvalue weighted by Gasteiger charge is 2.31. The lowest BCUT2D eigenvalue weighted by molar-refractivity contribution is -0.0449. The molecule has 5 heteroatoms. The van der Waals surface area contributed by atoms with Gasteiger partial charge in [0.2, 0.25) is 0 Å². The highest BCUT2D eigenvalue weighted by atomic mass is 16.5. The lowest BCUT2D eigenvalue weighted by atomic mass is 9.98. The summed E-state index contributed by atoms with van der Waals surface area (Å²) in [6, 6.07) is 0. The summed E-state index contributed by atoms with van der Waals surface area (Å²) >= 11 is 0. The predicted octanol–water partition coefficient (Wildman–Crippen LogP) is 0.932. The average molecular weight is 213 g/mol. The van der Waals surface area contributed by atoms with Crippen molar-refractivity contribution < 1.29 is 9.84 Å². The minimum atomic E-state index is -0.979. The Labute approximate surface area is 90.1 Å². The number of aryl methyl sites for hydroxylation is 1. The zero-order chi connectivity index (χ0) is 11.3. The van der Waals surface area contributed by atoms with E-state index in [1.54, 1.807) is 18.0 Å². The third kappa shape index (κ3) is 2.54. The Morgan fingerprint density at radius 3 is 2.80 bits per heavy atom. The van der Waals surface area contributed by atoms with E-state index in [1.165, 1.54) is 0 Å². The summed E-state index contributed by atoms with van der Waals surface area (Å²) in [4.78, 5) is 0. The molecule has 1 unspecified atom stereocenters. The molecule has 0 amide bonds. The maximum atomic E-state index is 10.4. The summed E-state index contributed by atoms with van der Waals surface area (Å²) in [6.07, 6.45) is 3.15. The van der Waals surface area contributed by atoms with Gasteiger partial charge in [0, 0.05) is 13.7 Å². The van der Waals surface area contributed by atoms with Crippen molar-refractivity contribution in [2.24, 2.45) is 0 Å². The topological polar surface area (TPSA) is 60.2 Å². The first-order chi connectivity index (χ1) is 7.18. The number of ether oxygens (including phenoxy) is 1. The molecule has 1 N–H and O–H groups in total. The van der Waals surface area contributed by atoms with E-state index in [-0.39, 0.29) is 6.61 Å². The quantitative estimate of drug-likeness (QED) is 0.763. The second-order valence-corrected chi connectivity index (χ2v) is 3.66. The van der Waals surface area contributed by atoms with Crippen LogP contribution in [0, 0.1) is 0 Å². The largest absolute Gasteiger partial charge is 0.381 e. The second kappa shape index (κ2) is 5.23. The molecular formula is C10H19N3O2. The van der Waals surface area contributed by atoms with Gasteiger partial charge in [-0.3, -0.25) is 0 Å². The molecule has 1 rings (SSSR count). The number of rotatable bonds is 6. The van der Waals surface area contributed by atoms with Gasteiger partial charge in [-0.25, -0.2) is 4.68 Å². The number of hydrogen-bond donors (Lipinski definition) is 1. The standard InChI is InChI=1S/C10H19N3O2/c1-4-6-13-9(7-11-12-13)10(14,5-2)8-15-3/h7,14H,4-6,8H2,1-3H3. The monoisotopic (exact) mass is 213 g/mol. The van der Waals surface area contributed by atoms with Crippen LogP contribution < -0.4 is 0 Å². The Kier molecular flexibility index (Phi) is 4.23. The van der Waals surface area contributed by atoms with Gasteiger partial charge in [0.05, 0.1) is 18.5 Å². The van der Waals surface area contributed by atoms with Crippen molar-refractivity contribution in [3.05, 3.63) is 11.9 Å². The highest BCUT2D eigenvalue weighted by molar-refractivity contribution is 5.08. The van der Waals surface area contributed by atoms with Crippen molar-refractivity contribution in [1.29, 1.82) is 0 Å². The van der Waals surface area contributed by atoms with Gasteiger partial charge in [-0.15, -0.1) is 5.10 Å². The summed E-state index contributed by atoms with van der Waals surface area (Å²) < 4.78 is 6.77. The van der Waals surface area contributed by atoms with Crippen LogP contribution >= 0.6 is 0 Å². The molecule has 1 aromatic rings. The number of hydrogen-bond acceptors (Lipinski definition) is 4. The normalized spacial score (nSPS) is 15.2. The van der Waals surface area contributed by atoms with Gasteiger partial charge >= 0.3 is 0 Å². The summed E-state index contributed by atoms with van der Waals surface area (Å²) in [5, 5.41) is 18.1. The fraction of sp³-hybridized carbons (Fsp3) is 0.800. The molecular weight excluding hydrogens is 194 g/mol. The van der Waals surface area contributed by atoms with Crippen molar-refractivity contribution in [2.75, 3.05) is 13.7 Å². The maximum Gasteiger partial charge on any atom is 0.131 e. The number of methoxy groups -OCH3 is 1. The molecule has 0 aliphatic heterocycles. The molecule has 0 aliphatic rings. The Morgan fingerprint density at radius 2 is 2.27 bits per heavy atom. The van der Waals surface area contributed by atoms with Crippen LogP contribution in [-0.4, -0.2) is 33.8 Å². The SMILES string of the molecule is CCCn1nncc1C(O)(CC)COC. The molecule has 1 heterocycles. The Morgan fingerprint density at radius 1 is 1.53 bits per heavy atom. The molecule has 15 heavy (non-hydrogen) atoms. The van der Waals surface area contributed by atoms with Crippen molar-refractivity contribution in [1.82, 2.24) is 15.0 Å². The van der Waals surface area contributed by atoms with Crippen molar-refractivity contribution >= 4 is 0 Å². The van der Waals surface area contributed by atoms with Gasteiger partial charge in [-0.2, -0.15) is 0 Å². The third-order valence-electron chi connectivity index (χ3n) is 2.50. The molecule has 86 valence electrons. The van der Waals surface area contributed by atoms with Crippen molar-refractivity contribution in [3.8, 4) is 0 Å². The Hall–Kier alpha value is -0.940. The molecule has 0 radical (unpaired) electrons. The lowest BCUT2D eigenvalue weighted by Crippen LogP contribution is -2.33. The van der Waals surface area contributed by atoms with Crippen molar-refractivity contribution in [3.63, 3.8) is 0 Å². The number of aliphatic hydroxyl groups is 1. The fourth-order valence-electron chi connectivity index (χ4n) is 1.59. The zero-order valence-corrected chi connectivity index (χ0v) is 9.60. The molecule has 5 nitrogen and oxygen atoms in total. The van der Waals surface area contributed by atoms with Crippen molar-refractivity contribution in [2.45, 2.75) is 38.8 Å². The minimum absolute atomic E-state index is 0.264. The molecule has 0 aromatic carbocycles. The van der Waals surface area contributed by atoms with Crippen LogP contribution in [-0.2, 0) is 16.9 Å². The molecule has 1 atom stereocenters. The summed E-state index contributed by atoms with van der Waals surface area (Å²) in [5.41, 5.74) is -0.248. The van der Waals surface area contributed by atoms with E-state index in [1.807, 2.05) is 6.92 Å². The van der Waals surface area contributed by atoms with E-state index in [9.17, 15) is 5.11 Å². The van der Waals surface area contributed by atoms with E-state index < -0.39 is 5.60 Å². The maximum absolute atomic E-state index is 10.4. The number of nitrogens with zero attached hydrogens (tertiary/aromatic N) is 3. The Bertz CT molecular complexity index is 301. The zero-order valence-electron chi connectivity index (χ0n) is 9.60. The summed E-state index contributed by atoms with van der Waals surface area (Å²) in [5.74, 6) is 0. The summed E-state index contributed by atoms with van der Waals surface area (Å²) in [6.45, 7) is 5.01. The van der Waals surface area contributed by atoms with Gasteiger partial charge in [0.15, 0.2) is 0 Å². The smallest absolute Gasteiger partial charge is 0.131 e. The van der Waals surface area contributed by atoms with Crippen LogP contribution in [0.5, 0.6) is 0 Å². The molecule has 1 aromatic heterocycles. The van der Waals surface area contributed by atoms with Crippen LogP contribution in [0.3, 0.4) is 0 Å². The van der Waals surface area contributed by atoms with Crippen LogP contribution in [0.1, 0.15) is 32.4 Å². The molecule has 0 saturated carbocycles. The van der Waals surface area contributed by atoms with Crippen LogP contribution in [0.25, 0.3) is 0 Å². The summed E-state index contributed by atoms with van der Waals surface area (Å²) in [7, 11) is 1.58. The first kappa shape index (κ1) is 12.1. The first-order valence-electron chi connectivity index (χ1n) is 5.28. The average Bonchev–Trinajstić information content (AvgIpc) is 2.67. The second-order valence-electron chi connectivity index (χ2n) is 3.66. The van der Waals surface area contributed by atoms with E-state index in [2.05, 4.69) is 17.2 Å². The van der Waals surface area contributed by atoms with E-state index in [4.69, 9.17) is 4.74 Å². The van der Waals surface area contributed by atoms with Gasteiger partial charge in [0.1, 0.15) is 5.60 Å². The first-order valence-corrected chi connectivity index (χ1v) is 5.28. The fourth-order valence-corrected chi connectivity index (χ4v) is 1.59. The van der Waals surface area contributed by atoms with Crippen LogP contribution in [0.4, 0.5) is 0 Å². The lowest BCUT2D eigenvalue weighted by Gasteiger charge is -2.25. The van der Waals surface area contributed by atoms with E-state index >= 15 is 0 Å². The number of aromatic nitrogens is 3. The molecule has 0 fully saturated rings. The van der Waals surface area contributed by atoms with Gasteiger partial charge < -0.3 is 9.84 Å². The van der Waals surface area contributed by atoms with E-state index in [0.29, 0.717) is 6.42 Å². The predicted molar refractivity (Wildman–Crippen MR) is 56.4 cm³/mol. The van der Waals surface area contributed by atoms with Crippen LogP contribution in [0.2, 0.25) is 0 Å². The minimum Gasteiger partial charge on any atom is -0.381 e. The van der Waals surface area contributed by atoms with E-state index in [0.717, 1.165) is 18.7 Å². The molecule has 0 aliphatic carbocycles. The molecule has 0 saturated heterocycles. The molecule has 0 bridgehead atoms. The Balaban J connectivity index is 2.95. The third-order valence-corrected chi connectivity index (χ3v) is 2.50. The molecule has 0 spiro atoms. The van der Waals surface area contributed by atoms with Gasteiger partial charge in [-0.1, -0.05) is 19.1 Å².